The Morgan fingerprint density at radius 3 is 2.48 bits per heavy atom. The lowest BCUT2D eigenvalue weighted by Gasteiger charge is -2.11. The molecule has 0 fully saturated rings. The third-order valence-electron chi connectivity index (χ3n) is 4.23. The monoisotopic (exact) mass is 403 g/mol. The van der Waals surface area contributed by atoms with Crippen LogP contribution in [0, 0.1) is 11.3 Å². The summed E-state index contributed by atoms with van der Waals surface area (Å²) in [5.74, 6) is 0.0592. The number of nitrogens with one attached hydrogen (secondary N) is 1. The van der Waals surface area contributed by atoms with Crippen molar-refractivity contribution in [3.8, 4) is 11.8 Å². The summed E-state index contributed by atoms with van der Waals surface area (Å²) in [5, 5.41) is 13.6. The van der Waals surface area contributed by atoms with Gasteiger partial charge in [0.05, 0.1) is 22.9 Å². The topological polar surface area (TPSA) is 74.5 Å². The number of nitriles is 1. The molecule has 0 saturated carbocycles. The second-order valence-corrected chi connectivity index (χ2v) is 6.61. The van der Waals surface area contributed by atoms with Crippen molar-refractivity contribution >= 4 is 23.2 Å². The normalized spacial score (nSPS) is 10.9. The number of hydrogen-bond donors (Lipinski definition) is 1. The van der Waals surface area contributed by atoms with Gasteiger partial charge in [0.25, 0.3) is 5.91 Å². The number of ether oxygens (including phenoxy) is 1. The Hall–Kier alpha value is -3.62. The van der Waals surface area contributed by atoms with Gasteiger partial charge in [0.15, 0.2) is 0 Å². The van der Waals surface area contributed by atoms with Crippen LogP contribution in [0.15, 0.2) is 77.9 Å². The summed E-state index contributed by atoms with van der Waals surface area (Å²) in [7, 11) is 0. The Morgan fingerprint density at radius 1 is 1.07 bits per heavy atom. The Bertz CT molecular complexity index is 1090. The van der Waals surface area contributed by atoms with E-state index in [-0.39, 0.29) is 12.5 Å². The SMILES string of the molecule is C/C(=N\NC(=O)c1ccccc1OCc1ccccc1Cl)c1ccc(C#N)cc1. The van der Waals surface area contributed by atoms with Gasteiger partial charge in [-0.3, -0.25) is 4.79 Å². The molecule has 0 aromatic heterocycles. The van der Waals surface area contributed by atoms with Gasteiger partial charge in [-0.05, 0) is 42.8 Å². The number of benzene rings is 3. The second kappa shape index (κ2) is 9.54. The fourth-order valence-corrected chi connectivity index (χ4v) is 2.79. The molecule has 6 heteroatoms. The van der Waals surface area contributed by atoms with Crippen molar-refractivity contribution in [1.82, 2.24) is 5.43 Å². The highest BCUT2D eigenvalue weighted by molar-refractivity contribution is 6.31. The maximum absolute atomic E-state index is 12.6. The molecule has 1 N–H and O–H groups in total. The van der Waals surface area contributed by atoms with Crippen LogP contribution in [0.2, 0.25) is 5.02 Å². The van der Waals surface area contributed by atoms with Gasteiger partial charge in [-0.2, -0.15) is 10.4 Å². The van der Waals surface area contributed by atoms with Gasteiger partial charge in [0.1, 0.15) is 12.4 Å². The maximum Gasteiger partial charge on any atom is 0.275 e. The molecule has 144 valence electrons. The predicted octanol–water partition coefficient (Wildman–Crippen LogP) is 4.94. The van der Waals surface area contributed by atoms with Crippen molar-refractivity contribution in [2.75, 3.05) is 0 Å². The van der Waals surface area contributed by atoms with E-state index in [1.54, 1.807) is 61.5 Å². The molecular formula is C23H18ClN3O2. The van der Waals surface area contributed by atoms with Gasteiger partial charge in [0, 0.05) is 10.6 Å². The van der Waals surface area contributed by atoms with E-state index < -0.39 is 0 Å². The molecule has 0 aliphatic carbocycles. The Labute approximate surface area is 174 Å². The summed E-state index contributed by atoms with van der Waals surface area (Å²) in [4.78, 5) is 12.6. The molecule has 0 radical (unpaired) electrons. The highest BCUT2D eigenvalue weighted by atomic mass is 35.5. The molecule has 0 saturated heterocycles. The molecule has 29 heavy (non-hydrogen) atoms. The van der Waals surface area contributed by atoms with Crippen molar-refractivity contribution in [3.05, 3.63) is 100 Å². The number of hydrogen-bond acceptors (Lipinski definition) is 4. The summed E-state index contributed by atoms with van der Waals surface area (Å²) in [6, 6.07) is 23.4. The van der Waals surface area contributed by atoms with Crippen LogP contribution >= 0.6 is 11.6 Å². The van der Waals surface area contributed by atoms with Crippen LogP contribution in [0.25, 0.3) is 0 Å². The minimum absolute atomic E-state index is 0.248. The predicted molar refractivity (Wildman–Crippen MR) is 113 cm³/mol. The minimum atomic E-state index is -0.382. The van der Waals surface area contributed by atoms with E-state index in [0.717, 1.165) is 11.1 Å². The Morgan fingerprint density at radius 2 is 1.76 bits per heavy atom. The minimum Gasteiger partial charge on any atom is -0.488 e. The highest BCUT2D eigenvalue weighted by Crippen LogP contribution is 2.22. The number of carbonyl (C=O) groups is 1. The quantitative estimate of drug-likeness (QED) is 0.467. The fraction of sp³-hybridized carbons (Fsp3) is 0.0870. The molecule has 3 aromatic rings. The number of rotatable bonds is 6. The molecule has 0 spiro atoms. The molecule has 0 aliphatic heterocycles. The van der Waals surface area contributed by atoms with Crippen LogP contribution in [0.1, 0.15) is 34.0 Å². The number of nitrogens with zero attached hydrogens (tertiary/aromatic N) is 2. The van der Waals surface area contributed by atoms with Gasteiger partial charge in [0.2, 0.25) is 0 Å². The van der Waals surface area contributed by atoms with Gasteiger partial charge in [-0.15, -0.1) is 0 Å². The Kier molecular flexibility index (Phi) is 6.62. The molecule has 0 bridgehead atoms. The third kappa shape index (κ3) is 5.22. The number of hydrazone groups is 1. The van der Waals surface area contributed by atoms with E-state index in [4.69, 9.17) is 21.6 Å². The lowest BCUT2D eigenvalue weighted by molar-refractivity contribution is 0.0950. The smallest absolute Gasteiger partial charge is 0.275 e. The molecule has 1 amide bonds. The number of amides is 1. The third-order valence-corrected chi connectivity index (χ3v) is 4.60. The summed E-state index contributed by atoms with van der Waals surface area (Å²) in [5.41, 5.74) is 5.76. The molecule has 3 aromatic carbocycles. The van der Waals surface area contributed by atoms with Crippen LogP contribution in [0.4, 0.5) is 0 Å². The van der Waals surface area contributed by atoms with E-state index in [2.05, 4.69) is 16.6 Å². The lowest BCUT2D eigenvalue weighted by Crippen LogP contribution is -2.20. The van der Waals surface area contributed by atoms with Crippen LogP contribution in [-0.4, -0.2) is 11.6 Å². The fourth-order valence-electron chi connectivity index (χ4n) is 2.60. The average Bonchev–Trinajstić information content (AvgIpc) is 2.77. The van der Waals surface area contributed by atoms with Crippen LogP contribution in [-0.2, 0) is 6.61 Å². The van der Waals surface area contributed by atoms with Crippen molar-refractivity contribution in [3.63, 3.8) is 0 Å². The molecule has 0 aliphatic rings. The van der Waals surface area contributed by atoms with Crippen molar-refractivity contribution in [2.45, 2.75) is 13.5 Å². The van der Waals surface area contributed by atoms with Crippen LogP contribution in [0.5, 0.6) is 5.75 Å². The van der Waals surface area contributed by atoms with Crippen LogP contribution < -0.4 is 10.2 Å². The zero-order valence-corrected chi connectivity index (χ0v) is 16.5. The summed E-state index contributed by atoms with van der Waals surface area (Å²) in [6.07, 6.45) is 0. The molecule has 0 unspecified atom stereocenters. The van der Waals surface area contributed by atoms with Crippen LogP contribution in [0.3, 0.4) is 0 Å². The average molecular weight is 404 g/mol. The number of carbonyl (C=O) groups excluding carboxylic acids is 1. The number of halogens is 1. The van der Waals surface area contributed by atoms with Gasteiger partial charge in [-0.1, -0.05) is 54.1 Å². The van der Waals surface area contributed by atoms with Gasteiger partial charge >= 0.3 is 0 Å². The van der Waals surface area contributed by atoms with E-state index in [0.29, 0.717) is 27.6 Å². The number of para-hydroxylation sites is 1. The van der Waals surface area contributed by atoms with Crippen molar-refractivity contribution in [2.24, 2.45) is 5.10 Å². The van der Waals surface area contributed by atoms with E-state index in [9.17, 15) is 4.79 Å². The van der Waals surface area contributed by atoms with E-state index >= 15 is 0 Å². The van der Waals surface area contributed by atoms with Crippen molar-refractivity contribution < 1.29 is 9.53 Å². The van der Waals surface area contributed by atoms with E-state index in [1.165, 1.54) is 0 Å². The second-order valence-electron chi connectivity index (χ2n) is 6.20. The van der Waals surface area contributed by atoms with Gasteiger partial charge < -0.3 is 4.74 Å². The standard InChI is InChI=1S/C23H18ClN3O2/c1-16(18-12-10-17(14-25)11-13-18)26-27-23(28)20-7-3-5-9-22(20)29-15-19-6-2-4-8-21(19)24/h2-13H,15H2,1H3,(H,27,28)/b26-16+. The largest absolute Gasteiger partial charge is 0.488 e. The highest BCUT2D eigenvalue weighted by Gasteiger charge is 2.12. The zero-order valence-electron chi connectivity index (χ0n) is 15.7. The molecule has 0 heterocycles. The molecule has 0 atom stereocenters. The van der Waals surface area contributed by atoms with Crippen molar-refractivity contribution in [1.29, 1.82) is 5.26 Å². The maximum atomic E-state index is 12.6. The first-order chi connectivity index (χ1) is 14.1. The first-order valence-corrected chi connectivity index (χ1v) is 9.26. The van der Waals surface area contributed by atoms with Gasteiger partial charge in [-0.25, -0.2) is 5.43 Å². The van der Waals surface area contributed by atoms with E-state index in [1.807, 2.05) is 18.2 Å². The molecular weight excluding hydrogens is 386 g/mol. The first-order valence-electron chi connectivity index (χ1n) is 8.89. The summed E-state index contributed by atoms with van der Waals surface area (Å²) >= 11 is 6.16. The summed E-state index contributed by atoms with van der Waals surface area (Å²) < 4.78 is 5.82. The summed E-state index contributed by atoms with van der Waals surface area (Å²) in [6.45, 7) is 2.03. The lowest BCUT2D eigenvalue weighted by atomic mass is 10.1. The first kappa shape index (κ1) is 20.1. The molecule has 3 rings (SSSR count). The molecule has 5 nitrogen and oxygen atoms in total. The Balaban J connectivity index is 1.70. The zero-order chi connectivity index (χ0) is 20.6.